The zero-order valence-electron chi connectivity index (χ0n) is 15.2. The Balaban J connectivity index is 1.40. The average molecular weight is 433 g/mol. The lowest BCUT2D eigenvalue weighted by Gasteiger charge is -2.17. The first-order valence-corrected chi connectivity index (χ1v) is 10.1. The first-order chi connectivity index (χ1) is 14.3. The maximum absolute atomic E-state index is 12.4. The van der Waals surface area contributed by atoms with E-state index in [1.54, 1.807) is 29.4 Å². The number of fused-ring (bicyclic) bond motifs is 1. The fourth-order valence-corrected chi connectivity index (χ4v) is 3.83. The van der Waals surface area contributed by atoms with E-state index in [4.69, 9.17) is 14.2 Å². The van der Waals surface area contributed by atoms with Gasteiger partial charge in [0.25, 0.3) is 15.9 Å². The van der Waals surface area contributed by atoms with Gasteiger partial charge in [-0.05, 0) is 42.5 Å². The molecule has 1 fully saturated rings. The Labute approximate surface area is 170 Å². The highest BCUT2D eigenvalue weighted by atomic mass is 32.2. The summed E-state index contributed by atoms with van der Waals surface area (Å²) < 4.78 is 40.1. The molecule has 11 nitrogen and oxygen atoms in total. The van der Waals surface area contributed by atoms with Crippen molar-refractivity contribution in [3.8, 4) is 11.5 Å². The van der Waals surface area contributed by atoms with Gasteiger partial charge < -0.3 is 14.2 Å². The van der Waals surface area contributed by atoms with Crippen molar-refractivity contribution in [3.05, 3.63) is 60.4 Å². The van der Waals surface area contributed by atoms with Crippen LogP contribution in [0.3, 0.4) is 0 Å². The smallest absolute Gasteiger partial charge is 0.457 e. The standard InChI is InChI=1S/C18H15N3O8S/c22-17(11-9-15-16(10-11)29-18(23)28-15)21(24)20-30(25,26)14-3-1-12(2-4-14)27-13-5-7-19-8-6-13/h1-9,15-16,20,24H,10H2. The van der Waals surface area contributed by atoms with Gasteiger partial charge in [-0.2, -0.15) is 0 Å². The van der Waals surface area contributed by atoms with Crippen LogP contribution >= 0.6 is 0 Å². The van der Waals surface area contributed by atoms with Gasteiger partial charge in [0.2, 0.25) is 0 Å². The molecule has 30 heavy (non-hydrogen) atoms. The van der Waals surface area contributed by atoms with E-state index in [0.717, 1.165) is 0 Å². The van der Waals surface area contributed by atoms with Gasteiger partial charge in [0.1, 0.15) is 11.5 Å². The molecule has 156 valence electrons. The average Bonchev–Trinajstić information content (AvgIpc) is 3.25. The third-order valence-electron chi connectivity index (χ3n) is 4.33. The molecule has 4 rings (SSSR count). The molecule has 0 saturated carbocycles. The molecule has 12 heteroatoms. The number of hydrogen-bond acceptors (Lipinski definition) is 9. The molecule has 1 aliphatic heterocycles. The maximum Gasteiger partial charge on any atom is 0.509 e. The van der Waals surface area contributed by atoms with Crippen LogP contribution in [-0.4, -0.2) is 48.1 Å². The number of nitrogens with zero attached hydrogens (tertiary/aromatic N) is 2. The number of ether oxygens (including phenoxy) is 3. The van der Waals surface area contributed by atoms with Gasteiger partial charge >= 0.3 is 6.16 Å². The second kappa shape index (κ2) is 7.74. The van der Waals surface area contributed by atoms with Crippen molar-refractivity contribution in [2.45, 2.75) is 23.5 Å². The van der Waals surface area contributed by atoms with Crippen molar-refractivity contribution in [2.75, 3.05) is 0 Å². The van der Waals surface area contributed by atoms with Crippen molar-refractivity contribution in [3.63, 3.8) is 0 Å². The van der Waals surface area contributed by atoms with E-state index in [0.29, 0.717) is 11.5 Å². The molecule has 0 spiro atoms. The number of hydrazine groups is 1. The lowest BCUT2D eigenvalue weighted by Crippen LogP contribution is -2.44. The molecule has 2 aromatic rings. The summed E-state index contributed by atoms with van der Waals surface area (Å²) in [6, 6.07) is 8.63. The largest absolute Gasteiger partial charge is 0.509 e. The Morgan fingerprint density at radius 2 is 1.80 bits per heavy atom. The molecular weight excluding hydrogens is 418 g/mol. The number of pyridine rings is 1. The Morgan fingerprint density at radius 1 is 1.13 bits per heavy atom. The third-order valence-corrected chi connectivity index (χ3v) is 5.63. The Morgan fingerprint density at radius 3 is 2.47 bits per heavy atom. The zero-order chi connectivity index (χ0) is 21.3. The number of aromatic nitrogens is 1. The number of carbonyl (C=O) groups is 2. The minimum absolute atomic E-state index is 0.00489. The summed E-state index contributed by atoms with van der Waals surface area (Å²) in [5.74, 6) is -0.102. The Bertz CT molecular complexity index is 1100. The molecule has 1 amide bonds. The molecule has 2 atom stereocenters. The van der Waals surface area contributed by atoms with E-state index in [-0.39, 0.29) is 22.1 Å². The van der Waals surface area contributed by atoms with Crippen molar-refractivity contribution in [1.82, 2.24) is 15.0 Å². The number of hydroxylamine groups is 1. The summed E-state index contributed by atoms with van der Waals surface area (Å²) in [5, 5.41) is 9.78. The van der Waals surface area contributed by atoms with Crippen LogP contribution in [0, 0.1) is 0 Å². The van der Waals surface area contributed by atoms with Gasteiger partial charge in [-0.3, -0.25) is 15.0 Å². The first-order valence-electron chi connectivity index (χ1n) is 8.63. The second-order valence-corrected chi connectivity index (χ2v) is 8.01. The fraction of sp³-hybridized carbons (Fsp3) is 0.167. The minimum Gasteiger partial charge on any atom is -0.457 e. The molecule has 1 aromatic heterocycles. The molecule has 2 N–H and O–H groups in total. The van der Waals surface area contributed by atoms with Crippen LogP contribution < -0.4 is 9.57 Å². The van der Waals surface area contributed by atoms with Crippen LogP contribution in [0.15, 0.2) is 65.3 Å². The highest BCUT2D eigenvalue weighted by molar-refractivity contribution is 7.89. The number of carbonyl (C=O) groups excluding carboxylic acids is 2. The summed E-state index contributed by atoms with van der Waals surface area (Å²) in [7, 11) is -4.26. The van der Waals surface area contributed by atoms with Crippen molar-refractivity contribution < 1.29 is 37.4 Å². The predicted octanol–water partition coefficient (Wildman–Crippen LogP) is 1.52. The van der Waals surface area contributed by atoms with Gasteiger partial charge in [0, 0.05) is 24.4 Å². The summed E-state index contributed by atoms with van der Waals surface area (Å²) in [4.78, 5) is 28.7. The van der Waals surface area contributed by atoms with E-state index < -0.39 is 34.3 Å². The second-order valence-electron chi connectivity index (χ2n) is 6.35. The van der Waals surface area contributed by atoms with Crippen LogP contribution in [0.4, 0.5) is 4.79 Å². The van der Waals surface area contributed by atoms with E-state index in [9.17, 15) is 23.2 Å². The lowest BCUT2D eigenvalue weighted by molar-refractivity contribution is -0.167. The summed E-state index contributed by atoms with van der Waals surface area (Å²) in [6.07, 6.45) is 2.15. The summed E-state index contributed by atoms with van der Waals surface area (Å²) >= 11 is 0. The monoisotopic (exact) mass is 433 g/mol. The van der Waals surface area contributed by atoms with Gasteiger partial charge in [-0.25, -0.2) is 13.2 Å². The first kappa shape index (κ1) is 19.8. The van der Waals surface area contributed by atoms with Crippen LogP contribution in [0.2, 0.25) is 0 Å². The Kier molecular flexibility index (Phi) is 5.11. The van der Waals surface area contributed by atoms with Crippen molar-refractivity contribution in [1.29, 1.82) is 0 Å². The van der Waals surface area contributed by atoms with E-state index in [2.05, 4.69) is 4.98 Å². The lowest BCUT2D eigenvalue weighted by atomic mass is 10.2. The minimum atomic E-state index is -4.26. The van der Waals surface area contributed by atoms with Gasteiger partial charge in [0.05, 0.1) is 4.90 Å². The number of nitrogens with one attached hydrogen (secondary N) is 1. The number of hydrogen-bond donors (Lipinski definition) is 2. The van der Waals surface area contributed by atoms with E-state index in [1.807, 2.05) is 0 Å². The predicted molar refractivity (Wildman–Crippen MR) is 97.5 cm³/mol. The normalized spacial score (nSPS) is 20.0. The van der Waals surface area contributed by atoms with E-state index in [1.165, 1.54) is 30.3 Å². The highest BCUT2D eigenvalue weighted by Crippen LogP contribution is 2.30. The van der Waals surface area contributed by atoms with Gasteiger partial charge in [0.15, 0.2) is 12.2 Å². The SMILES string of the molecule is O=C1OC2C=C(C(=O)N(O)NS(=O)(=O)c3ccc(Oc4ccncc4)cc3)CC2O1. The van der Waals surface area contributed by atoms with Crippen LogP contribution in [0.25, 0.3) is 0 Å². The molecule has 1 aromatic carbocycles. The molecular formula is C18H15N3O8S. The molecule has 1 aliphatic carbocycles. The number of amides is 1. The van der Waals surface area contributed by atoms with Crippen LogP contribution in [0.5, 0.6) is 11.5 Å². The third kappa shape index (κ3) is 4.10. The Hall–Kier alpha value is -3.48. The van der Waals surface area contributed by atoms with Crippen LogP contribution in [0.1, 0.15) is 6.42 Å². The molecule has 0 bridgehead atoms. The summed E-state index contributed by atoms with van der Waals surface area (Å²) in [6.45, 7) is 0. The van der Waals surface area contributed by atoms with Gasteiger partial charge in [-0.1, -0.05) is 4.83 Å². The fourth-order valence-electron chi connectivity index (χ4n) is 2.92. The number of sulfonamides is 1. The molecule has 2 aliphatic rings. The van der Waals surface area contributed by atoms with Crippen molar-refractivity contribution >= 4 is 22.1 Å². The highest BCUT2D eigenvalue weighted by Gasteiger charge is 2.43. The summed E-state index contributed by atoms with van der Waals surface area (Å²) in [5.41, 5.74) is 0.0452. The molecule has 2 heterocycles. The number of rotatable bonds is 6. The quantitative estimate of drug-likeness (QED) is 0.393. The van der Waals surface area contributed by atoms with E-state index >= 15 is 0 Å². The molecule has 1 saturated heterocycles. The van der Waals surface area contributed by atoms with Gasteiger partial charge in [-0.15, -0.1) is 5.17 Å². The molecule has 0 radical (unpaired) electrons. The maximum atomic E-state index is 12.4. The van der Waals surface area contributed by atoms with Crippen LogP contribution in [-0.2, 0) is 24.3 Å². The zero-order valence-corrected chi connectivity index (χ0v) is 16.0. The number of benzene rings is 1. The van der Waals surface area contributed by atoms with Crippen molar-refractivity contribution in [2.24, 2.45) is 0 Å². The molecule has 2 unspecified atom stereocenters. The topological polar surface area (TPSA) is 144 Å².